The summed E-state index contributed by atoms with van der Waals surface area (Å²) in [5.74, 6) is -1.13. The highest BCUT2D eigenvalue weighted by Crippen LogP contribution is 1.94. The first-order valence-electron chi connectivity index (χ1n) is 5.73. The average Bonchev–Trinajstić information content (AvgIpc) is 2.23. The van der Waals surface area contributed by atoms with Crippen molar-refractivity contribution >= 4 is 11.9 Å². The number of nitrogens with zero attached hydrogens (tertiary/aromatic N) is 1. The molecule has 1 atom stereocenters. The third-order valence-electron chi connectivity index (χ3n) is 2.40. The fraction of sp³-hybridized carbons (Fsp3) is 0.818. The van der Waals surface area contributed by atoms with Crippen LogP contribution in [0.25, 0.3) is 0 Å². The van der Waals surface area contributed by atoms with Crippen LogP contribution in [-0.2, 0) is 9.59 Å². The Morgan fingerprint density at radius 2 is 1.81 bits per heavy atom. The smallest absolute Gasteiger partial charge is 0.303 e. The zero-order valence-corrected chi connectivity index (χ0v) is 10.3. The molecule has 0 saturated heterocycles. The van der Waals surface area contributed by atoms with Gasteiger partial charge in [0.05, 0.1) is 6.42 Å². The van der Waals surface area contributed by atoms with Crippen LogP contribution in [0, 0.1) is 0 Å². The van der Waals surface area contributed by atoms with E-state index in [4.69, 9.17) is 5.11 Å². The Kier molecular flexibility index (Phi) is 7.54. The zero-order valence-electron chi connectivity index (χ0n) is 10.3. The lowest BCUT2D eigenvalue weighted by atomic mass is 10.2. The van der Waals surface area contributed by atoms with Gasteiger partial charge in [-0.05, 0) is 20.0 Å². The number of hydrogen-bond donors (Lipinski definition) is 2. The summed E-state index contributed by atoms with van der Waals surface area (Å²) in [7, 11) is 0. The summed E-state index contributed by atoms with van der Waals surface area (Å²) in [6.45, 7) is 8.77. The van der Waals surface area contributed by atoms with Crippen LogP contribution >= 0.6 is 0 Å². The van der Waals surface area contributed by atoms with Crippen molar-refractivity contribution in [3.05, 3.63) is 0 Å². The summed E-state index contributed by atoms with van der Waals surface area (Å²) in [5, 5.41) is 11.2. The van der Waals surface area contributed by atoms with Gasteiger partial charge in [0.15, 0.2) is 0 Å². The van der Waals surface area contributed by atoms with E-state index in [1.807, 2.05) is 6.92 Å². The Morgan fingerprint density at radius 1 is 1.25 bits per heavy atom. The van der Waals surface area contributed by atoms with Crippen molar-refractivity contribution in [2.24, 2.45) is 0 Å². The lowest BCUT2D eigenvalue weighted by Crippen LogP contribution is -2.42. The zero-order chi connectivity index (χ0) is 12.6. The molecule has 2 N–H and O–H groups in total. The molecule has 0 aliphatic carbocycles. The number of carboxylic acid groups (broad SMARTS) is 1. The maximum absolute atomic E-state index is 11.3. The number of likely N-dealkylation sites (N-methyl/N-ethyl adjacent to an activating group) is 1. The lowest BCUT2D eigenvalue weighted by molar-refractivity contribution is -0.138. The minimum atomic E-state index is -0.938. The van der Waals surface area contributed by atoms with Crippen molar-refractivity contribution in [1.82, 2.24) is 10.2 Å². The van der Waals surface area contributed by atoms with E-state index in [1.165, 1.54) is 0 Å². The van der Waals surface area contributed by atoms with Gasteiger partial charge in [0.1, 0.15) is 0 Å². The van der Waals surface area contributed by atoms with E-state index in [-0.39, 0.29) is 24.8 Å². The van der Waals surface area contributed by atoms with E-state index < -0.39 is 5.97 Å². The fourth-order valence-electron chi connectivity index (χ4n) is 1.48. The van der Waals surface area contributed by atoms with Crippen molar-refractivity contribution in [2.75, 3.05) is 19.6 Å². The van der Waals surface area contributed by atoms with Gasteiger partial charge in [0.25, 0.3) is 0 Å². The lowest BCUT2D eigenvalue weighted by Gasteiger charge is -2.23. The van der Waals surface area contributed by atoms with Crippen LogP contribution in [0.5, 0.6) is 0 Å². The first-order valence-corrected chi connectivity index (χ1v) is 5.73. The van der Waals surface area contributed by atoms with Gasteiger partial charge in [-0.3, -0.25) is 9.59 Å². The predicted octanol–water partition coefficient (Wildman–Crippen LogP) is 0.698. The summed E-state index contributed by atoms with van der Waals surface area (Å²) >= 11 is 0. The highest BCUT2D eigenvalue weighted by atomic mass is 16.4. The molecule has 0 fully saturated rings. The van der Waals surface area contributed by atoms with Crippen molar-refractivity contribution < 1.29 is 14.7 Å². The second-order valence-corrected chi connectivity index (χ2v) is 3.85. The highest BCUT2D eigenvalue weighted by molar-refractivity contribution is 5.80. The molecule has 5 heteroatoms. The molecule has 1 amide bonds. The van der Waals surface area contributed by atoms with Gasteiger partial charge in [-0.25, -0.2) is 0 Å². The molecular formula is C11H22N2O3. The minimum absolute atomic E-state index is 0.0535. The summed E-state index contributed by atoms with van der Waals surface area (Å²) in [5.41, 5.74) is 0. The number of nitrogens with one attached hydrogen (secondary N) is 1. The first kappa shape index (κ1) is 14.9. The Bertz CT molecular complexity index is 227. The summed E-state index contributed by atoms with van der Waals surface area (Å²) in [4.78, 5) is 23.8. The number of rotatable bonds is 8. The Hall–Kier alpha value is -1.10. The quantitative estimate of drug-likeness (QED) is 0.644. The number of carbonyl (C=O) groups is 2. The van der Waals surface area contributed by atoms with E-state index in [1.54, 1.807) is 0 Å². The fourth-order valence-corrected chi connectivity index (χ4v) is 1.48. The van der Waals surface area contributed by atoms with Crippen LogP contribution in [0.3, 0.4) is 0 Å². The number of carboxylic acids is 1. The molecule has 0 aliphatic rings. The maximum atomic E-state index is 11.3. The van der Waals surface area contributed by atoms with Gasteiger partial charge in [-0.15, -0.1) is 0 Å². The molecule has 0 spiro atoms. The van der Waals surface area contributed by atoms with Gasteiger partial charge < -0.3 is 15.3 Å². The minimum Gasteiger partial charge on any atom is -0.481 e. The number of amides is 1. The molecule has 0 bridgehead atoms. The average molecular weight is 230 g/mol. The van der Waals surface area contributed by atoms with E-state index >= 15 is 0 Å². The van der Waals surface area contributed by atoms with E-state index in [9.17, 15) is 9.59 Å². The van der Waals surface area contributed by atoms with Gasteiger partial charge in [-0.1, -0.05) is 13.8 Å². The Labute approximate surface area is 96.8 Å². The molecule has 16 heavy (non-hydrogen) atoms. The SMILES string of the molecule is CCN(CC)CC(C)NC(=O)CCC(=O)O. The second kappa shape index (κ2) is 8.10. The molecule has 1 unspecified atom stereocenters. The standard InChI is InChI=1S/C11H22N2O3/c1-4-13(5-2)8-9(3)12-10(14)6-7-11(15)16/h9H,4-8H2,1-3H3,(H,12,14)(H,15,16). The van der Waals surface area contributed by atoms with Crippen LogP contribution in [0.15, 0.2) is 0 Å². The van der Waals surface area contributed by atoms with Crippen molar-refractivity contribution in [3.8, 4) is 0 Å². The molecule has 5 nitrogen and oxygen atoms in total. The summed E-state index contributed by atoms with van der Waals surface area (Å²) < 4.78 is 0. The number of aliphatic carboxylic acids is 1. The monoisotopic (exact) mass is 230 g/mol. The maximum Gasteiger partial charge on any atom is 0.303 e. The normalized spacial score (nSPS) is 12.5. The molecule has 0 radical (unpaired) electrons. The largest absolute Gasteiger partial charge is 0.481 e. The van der Waals surface area contributed by atoms with E-state index in [2.05, 4.69) is 24.1 Å². The Balaban J connectivity index is 3.81. The topological polar surface area (TPSA) is 69.6 Å². The van der Waals surface area contributed by atoms with Crippen LogP contribution in [0.2, 0.25) is 0 Å². The molecule has 0 aromatic carbocycles. The van der Waals surface area contributed by atoms with Gasteiger partial charge in [-0.2, -0.15) is 0 Å². The first-order chi connectivity index (χ1) is 7.49. The molecule has 0 rings (SSSR count). The molecular weight excluding hydrogens is 208 g/mol. The number of hydrogen-bond acceptors (Lipinski definition) is 3. The summed E-state index contributed by atoms with van der Waals surface area (Å²) in [6, 6.07) is 0.0567. The number of carbonyl (C=O) groups excluding carboxylic acids is 1. The van der Waals surface area contributed by atoms with Crippen molar-refractivity contribution in [2.45, 2.75) is 39.7 Å². The third-order valence-corrected chi connectivity index (χ3v) is 2.40. The molecule has 0 aromatic heterocycles. The second-order valence-electron chi connectivity index (χ2n) is 3.85. The van der Waals surface area contributed by atoms with Crippen LogP contribution in [0.1, 0.15) is 33.6 Å². The molecule has 0 heterocycles. The summed E-state index contributed by atoms with van der Waals surface area (Å²) in [6.07, 6.45) is -0.0538. The van der Waals surface area contributed by atoms with Crippen LogP contribution in [0.4, 0.5) is 0 Å². The van der Waals surface area contributed by atoms with E-state index in [0.29, 0.717) is 0 Å². The predicted molar refractivity (Wildman–Crippen MR) is 62.3 cm³/mol. The molecule has 0 aliphatic heterocycles. The van der Waals surface area contributed by atoms with Gasteiger partial charge >= 0.3 is 5.97 Å². The molecule has 0 aromatic rings. The van der Waals surface area contributed by atoms with Crippen LogP contribution in [-0.4, -0.2) is 47.6 Å². The third kappa shape index (κ3) is 7.23. The highest BCUT2D eigenvalue weighted by Gasteiger charge is 2.11. The van der Waals surface area contributed by atoms with Gasteiger partial charge in [0.2, 0.25) is 5.91 Å². The van der Waals surface area contributed by atoms with Crippen molar-refractivity contribution in [1.29, 1.82) is 0 Å². The van der Waals surface area contributed by atoms with E-state index in [0.717, 1.165) is 19.6 Å². The van der Waals surface area contributed by atoms with Crippen molar-refractivity contribution in [3.63, 3.8) is 0 Å². The van der Waals surface area contributed by atoms with Crippen LogP contribution < -0.4 is 5.32 Å². The van der Waals surface area contributed by atoms with Gasteiger partial charge in [0, 0.05) is 19.0 Å². The molecule has 94 valence electrons. The Morgan fingerprint density at radius 3 is 2.25 bits per heavy atom. The molecule has 0 saturated carbocycles.